The molecular weight excluding hydrogens is 356 g/mol. The zero-order valence-electron chi connectivity index (χ0n) is 13.9. The topological polar surface area (TPSA) is 92.8 Å². The highest BCUT2D eigenvalue weighted by atomic mass is 32.1. The summed E-state index contributed by atoms with van der Waals surface area (Å²) >= 11 is 1.50. The minimum atomic E-state index is -1.12. The van der Waals surface area contributed by atoms with Crippen molar-refractivity contribution in [1.82, 2.24) is 10.2 Å². The Morgan fingerprint density at radius 3 is 2.35 bits per heavy atom. The van der Waals surface area contributed by atoms with E-state index in [9.17, 15) is 19.2 Å². The van der Waals surface area contributed by atoms with E-state index in [0.717, 1.165) is 9.78 Å². The number of amides is 3. The number of thiophene rings is 1. The molecule has 1 atom stereocenters. The Balaban J connectivity index is 1.54. The SMILES string of the molecule is C[C@H](C(=O)OCC(=O)NCc1cccs1)N1C(=O)c2ccccc2C1=O. The summed E-state index contributed by atoms with van der Waals surface area (Å²) in [6.45, 7) is 1.27. The molecule has 0 radical (unpaired) electrons. The molecule has 2 aromatic rings. The van der Waals surface area contributed by atoms with Crippen LogP contribution in [0.2, 0.25) is 0 Å². The Morgan fingerprint density at radius 2 is 1.77 bits per heavy atom. The molecule has 1 aromatic heterocycles. The summed E-state index contributed by atoms with van der Waals surface area (Å²) in [6.07, 6.45) is 0. The van der Waals surface area contributed by atoms with Crippen LogP contribution in [0.4, 0.5) is 0 Å². The van der Waals surface area contributed by atoms with Crippen molar-refractivity contribution < 1.29 is 23.9 Å². The molecule has 7 nitrogen and oxygen atoms in total. The second kappa shape index (κ2) is 7.49. The third-order valence-electron chi connectivity index (χ3n) is 3.94. The quantitative estimate of drug-likeness (QED) is 0.614. The minimum absolute atomic E-state index is 0.255. The number of benzene rings is 1. The van der Waals surface area contributed by atoms with Gasteiger partial charge in [-0.2, -0.15) is 0 Å². The number of hydrogen-bond acceptors (Lipinski definition) is 6. The fraction of sp³-hybridized carbons (Fsp3) is 0.222. The monoisotopic (exact) mass is 372 g/mol. The first kappa shape index (κ1) is 17.8. The molecule has 26 heavy (non-hydrogen) atoms. The molecule has 1 N–H and O–H groups in total. The van der Waals surface area contributed by atoms with Crippen molar-refractivity contribution in [2.24, 2.45) is 0 Å². The average Bonchev–Trinajstić information content (AvgIpc) is 3.25. The maximum absolute atomic E-state index is 12.3. The van der Waals surface area contributed by atoms with Gasteiger partial charge in [-0.05, 0) is 30.5 Å². The number of ether oxygens (including phenoxy) is 1. The summed E-state index contributed by atoms with van der Waals surface area (Å²) in [5.74, 6) is -2.36. The molecule has 0 saturated carbocycles. The van der Waals surface area contributed by atoms with Gasteiger partial charge in [-0.3, -0.25) is 19.3 Å². The molecule has 0 bridgehead atoms. The zero-order chi connectivity index (χ0) is 18.7. The van der Waals surface area contributed by atoms with Gasteiger partial charge in [0.15, 0.2) is 6.61 Å². The Hall–Kier alpha value is -3.00. The van der Waals surface area contributed by atoms with Crippen molar-refractivity contribution in [1.29, 1.82) is 0 Å². The van der Waals surface area contributed by atoms with Crippen molar-refractivity contribution in [3.8, 4) is 0 Å². The van der Waals surface area contributed by atoms with Crippen molar-refractivity contribution >= 4 is 35.0 Å². The highest BCUT2D eigenvalue weighted by Gasteiger charge is 2.41. The molecule has 0 unspecified atom stereocenters. The highest BCUT2D eigenvalue weighted by Crippen LogP contribution is 2.24. The van der Waals surface area contributed by atoms with Crippen molar-refractivity contribution in [3.63, 3.8) is 0 Å². The molecule has 1 aliphatic heterocycles. The normalized spacial score (nSPS) is 14.1. The van der Waals surface area contributed by atoms with E-state index in [4.69, 9.17) is 4.74 Å². The van der Waals surface area contributed by atoms with Gasteiger partial charge >= 0.3 is 5.97 Å². The number of rotatable bonds is 6. The molecule has 3 rings (SSSR count). The number of carbonyl (C=O) groups excluding carboxylic acids is 4. The minimum Gasteiger partial charge on any atom is -0.454 e. The summed E-state index contributed by atoms with van der Waals surface area (Å²) in [5.41, 5.74) is 0.511. The van der Waals surface area contributed by atoms with E-state index in [1.807, 2.05) is 17.5 Å². The van der Waals surface area contributed by atoms with Crippen LogP contribution in [0.15, 0.2) is 41.8 Å². The van der Waals surface area contributed by atoms with Gasteiger partial charge in [0.25, 0.3) is 17.7 Å². The van der Waals surface area contributed by atoms with E-state index in [2.05, 4.69) is 5.32 Å². The predicted octanol–water partition coefficient (Wildman–Crippen LogP) is 1.59. The van der Waals surface area contributed by atoms with E-state index >= 15 is 0 Å². The summed E-state index contributed by atoms with van der Waals surface area (Å²) in [4.78, 5) is 50.4. The molecule has 0 aliphatic carbocycles. The van der Waals surface area contributed by atoms with Crippen LogP contribution in [0, 0.1) is 0 Å². The molecule has 3 amide bonds. The number of nitrogens with one attached hydrogen (secondary N) is 1. The fourth-order valence-electron chi connectivity index (χ4n) is 2.57. The Kier molecular flexibility index (Phi) is 5.13. The summed E-state index contributed by atoms with van der Waals surface area (Å²) in [7, 11) is 0. The number of esters is 1. The van der Waals surface area contributed by atoms with Gasteiger partial charge in [-0.25, -0.2) is 4.79 Å². The molecular formula is C18H16N2O5S. The molecule has 0 saturated heterocycles. The van der Waals surface area contributed by atoms with Gasteiger partial charge in [0, 0.05) is 4.88 Å². The van der Waals surface area contributed by atoms with Crippen LogP contribution < -0.4 is 5.32 Å². The standard InChI is InChI=1S/C18H16N2O5S/c1-11(20-16(22)13-6-2-3-7-14(13)17(20)23)18(24)25-10-15(21)19-9-12-5-4-8-26-12/h2-8,11H,9-10H2,1H3,(H,19,21)/t11-/m1/s1. The number of imide groups is 1. The van der Waals surface area contributed by atoms with Crippen molar-refractivity contribution in [3.05, 3.63) is 57.8 Å². The Morgan fingerprint density at radius 1 is 1.12 bits per heavy atom. The van der Waals surface area contributed by atoms with Crippen LogP contribution in [0.1, 0.15) is 32.5 Å². The summed E-state index contributed by atoms with van der Waals surface area (Å²) in [5, 5.41) is 4.52. The van der Waals surface area contributed by atoms with E-state index in [0.29, 0.717) is 6.54 Å². The van der Waals surface area contributed by atoms with Crippen LogP contribution in [-0.2, 0) is 20.9 Å². The predicted molar refractivity (Wildman–Crippen MR) is 93.5 cm³/mol. The smallest absolute Gasteiger partial charge is 0.329 e. The van der Waals surface area contributed by atoms with Gasteiger partial charge < -0.3 is 10.1 Å². The highest BCUT2D eigenvalue weighted by molar-refractivity contribution is 7.09. The fourth-order valence-corrected chi connectivity index (χ4v) is 3.22. The third kappa shape index (κ3) is 3.50. The Bertz CT molecular complexity index is 827. The molecule has 0 spiro atoms. The second-order valence-electron chi connectivity index (χ2n) is 5.67. The van der Waals surface area contributed by atoms with Gasteiger partial charge in [0.1, 0.15) is 6.04 Å². The first-order valence-electron chi connectivity index (χ1n) is 7.91. The lowest BCUT2D eigenvalue weighted by molar-refractivity contribution is -0.151. The molecule has 8 heteroatoms. The van der Waals surface area contributed by atoms with E-state index in [1.54, 1.807) is 12.1 Å². The van der Waals surface area contributed by atoms with E-state index < -0.39 is 36.3 Å². The first-order chi connectivity index (χ1) is 12.5. The number of nitrogens with zero attached hydrogens (tertiary/aromatic N) is 1. The van der Waals surface area contributed by atoms with Crippen LogP contribution in [0.3, 0.4) is 0 Å². The molecule has 1 aliphatic rings. The van der Waals surface area contributed by atoms with Crippen LogP contribution >= 0.6 is 11.3 Å². The van der Waals surface area contributed by atoms with Gasteiger partial charge in [0.2, 0.25) is 0 Å². The van der Waals surface area contributed by atoms with Gasteiger partial charge in [0.05, 0.1) is 17.7 Å². The second-order valence-corrected chi connectivity index (χ2v) is 6.70. The summed E-state index contributed by atoms with van der Waals surface area (Å²) in [6, 6.07) is 8.99. The molecule has 134 valence electrons. The van der Waals surface area contributed by atoms with E-state index in [-0.39, 0.29) is 11.1 Å². The average molecular weight is 372 g/mol. The summed E-state index contributed by atoms with van der Waals surface area (Å²) < 4.78 is 4.95. The largest absolute Gasteiger partial charge is 0.454 e. The molecule has 1 aromatic carbocycles. The number of hydrogen-bond donors (Lipinski definition) is 1. The first-order valence-corrected chi connectivity index (χ1v) is 8.79. The van der Waals surface area contributed by atoms with E-state index in [1.165, 1.54) is 30.4 Å². The number of fused-ring (bicyclic) bond motifs is 1. The maximum Gasteiger partial charge on any atom is 0.329 e. The van der Waals surface area contributed by atoms with Crippen LogP contribution in [-0.4, -0.2) is 41.2 Å². The zero-order valence-corrected chi connectivity index (χ0v) is 14.7. The molecule has 2 heterocycles. The Labute approximate surface area is 153 Å². The van der Waals surface area contributed by atoms with Crippen LogP contribution in [0.25, 0.3) is 0 Å². The maximum atomic E-state index is 12.3. The van der Waals surface area contributed by atoms with Gasteiger partial charge in [-0.15, -0.1) is 11.3 Å². The third-order valence-corrected chi connectivity index (χ3v) is 4.82. The lowest BCUT2D eigenvalue weighted by Crippen LogP contribution is -2.44. The van der Waals surface area contributed by atoms with Crippen molar-refractivity contribution in [2.75, 3.05) is 6.61 Å². The lowest BCUT2D eigenvalue weighted by atomic mass is 10.1. The van der Waals surface area contributed by atoms with Crippen molar-refractivity contribution in [2.45, 2.75) is 19.5 Å². The molecule has 0 fully saturated rings. The van der Waals surface area contributed by atoms with Crippen LogP contribution in [0.5, 0.6) is 0 Å². The van der Waals surface area contributed by atoms with Gasteiger partial charge in [-0.1, -0.05) is 18.2 Å². The number of carbonyl (C=O) groups is 4. The lowest BCUT2D eigenvalue weighted by Gasteiger charge is -2.20.